The molecule has 1 heterocycles. The number of rotatable bonds is 8. The van der Waals surface area contributed by atoms with Crippen molar-refractivity contribution < 1.29 is 0 Å². The van der Waals surface area contributed by atoms with E-state index in [-0.39, 0.29) is 10.8 Å². The third kappa shape index (κ3) is 5.21. The standard InChI is InChI=1S/C36H42N2/c1-28-9-15-32(16-10-28)36(33-17-11-29(2)12-18-33,34-19-13-30(3)14-20-34)23-26-38-24-21-35(27-37,22-25-38)31-7-5-4-6-8-31/h4-20H,21-27,37H2,1-3H3. The lowest BCUT2D eigenvalue weighted by Gasteiger charge is -2.43. The zero-order valence-corrected chi connectivity index (χ0v) is 23.3. The van der Waals surface area contributed by atoms with Gasteiger partial charge in [-0.2, -0.15) is 0 Å². The molecule has 196 valence electrons. The average Bonchev–Trinajstić information content (AvgIpc) is 2.96. The summed E-state index contributed by atoms with van der Waals surface area (Å²) in [5, 5.41) is 0. The Kier molecular flexibility index (Phi) is 7.83. The monoisotopic (exact) mass is 502 g/mol. The number of likely N-dealkylation sites (tertiary alicyclic amines) is 1. The highest BCUT2D eigenvalue weighted by atomic mass is 15.1. The van der Waals surface area contributed by atoms with Gasteiger partial charge >= 0.3 is 0 Å². The number of hydrogen-bond donors (Lipinski definition) is 1. The first kappa shape index (κ1) is 26.4. The van der Waals surface area contributed by atoms with Gasteiger partial charge in [-0.25, -0.2) is 0 Å². The fraction of sp³-hybridized carbons (Fsp3) is 0.333. The van der Waals surface area contributed by atoms with Crippen molar-refractivity contribution in [2.45, 2.75) is 50.9 Å². The highest BCUT2D eigenvalue weighted by Gasteiger charge is 2.39. The quantitative estimate of drug-likeness (QED) is 0.256. The van der Waals surface area contributed by atoms with Crippen molar-refractivity contribution >= 4 is 0 Å². The summed E-state index contributed by atoms with van der Waals surface area (Å²) < 4.78 is 0. The van der Waals surface area contributed by atoms with Gasteiger partial charge in [0.15, 0.2) is 0 Å². The van der Waals surface area contributed by atoms with Crippen LogP contribution in [0.25, 0.3) is 0 Å². The summed E-state index contributed by atoms with van der Waals surface area (Å²) in [6, 6.07) is 38.6. The molecular formula is C36H42N2. The van der Waals surface area contributed by atoms with E-state index in [2.05, 4.69) is 129 Å². The van der Waals surface area contributed by atoms with Gasteiger partial charge in [0.1, 0.15) is 0 Å². The maximum absolute atomic E-state index is 6.40. The van der Waals surface area contributed by atoms with Crippen molar-refractivity contribution in [1.82, 2.24) is 4.90 Å². The largest absolute Gasteiger partial charge is 0.330 e. The molecule has 0 saturated carbocycles. The second kappa shape index (κ2) is 11.3. The van der Waals surface area contributed by atoms with Gasteiger partial charge in [-0.1, -0.05) is 120 Å². The van der Waals surface area contributed by atoms with E-state index in [1.165, 1.54) is 38.9 Å². The predicted octanol–water partition coefficient (Wildman–Crippen LogP) is 7.33. The summed E-state index contributed by atoms with van der Waals surface area (Å²) in [6.07, 6.45) is 3.25. The van der Waals surface area contributed by atoms with Gasteiger partial charge in [0, 0.05) is 17.4 Å². The Morgan fingerprint density at radius 1 is 0.632 bits per heavy atom. The first-order valence-electron chi connectivity index (χ1n) is 14.1. The van der Waals surface area contributed by atoms with Gasteiger partial charge in [0.2, 0.25) is 0 Å². The van der Waals surface area contributed by atoms with Gasteiger partial charge in [-0.15, -0.1) is 0 Å². The van der Waals surface area contributed by atoms with Crippen LogP contribution in [0.5, 0.6) is 0 Å². The zero-order valence-electron chi connectivity index (χ0n) is 23.3. The van der Waals surface area contributed by atoms with Gasteiger partial charge < -0.3 is 10.6 Å². The Hall–Kier alpha value is -3.20. The van der Waals surface area contributed by atoms with Crippen molar-refractivity contribution in [3.63, 3.8) is 0 Å². The van der Waals surface area contributed by atoms with E-state index in [0.717, 1.165) is 38.9 Å². The number of benzene rings is 4. The first-order chi connectivity index (χ1) is 18.4. The SMILES string of the molecule is Cc1ccc(C(CCN2CCC(CN)(c3ccccc3)CC2)(c2ccc(C)cc2)c2ccc(C)cc2)cc1. The smallest absolute Gasteiger partial charge is 0.0463 e. The van der Waals surface area contributed by atoms with Crippen LogP contribution in [-0.4, -0.2) is 31.1 Å². The summed E-state index contributed by atoms with van der Waals surface area (Å²) in [7, 11) is 0. The fourth-order valence-electron chi connectivity index (χ4n) is 6.38. The Labute approximate surface area is 229 Å². The van der Waals surface area contributed by atoms with E-state index in [4.69, 9.17) is 5.73 Å². The number of piperidine rings is 1. The molecule has 0 aromatic heterocycles. The topological polar surface area (TPSA) is 29.3 Å². The van der Waals surface area contributed by atoms with Crippen LogP contribution in [0.2, 0.25) is 0 Å². The first-order valence-corrected chi connectivity index (χ1v) is 14.1. The second-order valence-electron chi connectivity index (χ2n) is 11.4. The molecule has 0 spiro atoms. The van der Waals surface area contributed by atoms with Crippen molar-refractivity contribution in [2.75, 3.05) is 26.2 Å². The van der Waals surface area contributed by atoms with Gasteiger partial charge in [-0.05, 0) is 81.9 Å². The maximum Gasteiger partial charge on any atom is 0.0463 e. The Morgan fingerprint density at radius 3 is 1.45 bits per heavy atom. The Morgan fingerprint density at radius 2 is 1.05 bits per heavy atom. The maximum atomic E-state index is 6.40. The predicted molar refractivity (Wildman–Crippen MR) is 161 cm³/mol. The van der Waals surface area contributed by atoms with Crippen molar-refractivity contribution in [1.29, 1.82) is 0 Å². The molecular weight excluding hydrogens is 460 g/mol. The summed E-state index contributed by atoms with van der Waals surface area (Å²) in [6.45, 7) is 10.4. The molecule has 1 aliphatic heterocycles. The number of nitrogens with two attached hydrogens (primary N) is 1. The van der Waals surface area contributed by atoms with Crippen LogP contribution in [0.15, 0.2) is 103 Å². The molecule has 1 fully saturated rings. The van der Waals surface area contributed by atoms with E-state index in [1.54, 1.807) is 0 Å². The molecule has 0 amide bonds. The zero-order chi connectivity index (χ0) is 26.6. The normalized spacial score (nSPS) is 15.9. The van der Waals surface area contributed by atoms with Crippen molar-refractivity contribution in [2.24, 2.45) is 5.73 Å². The summed E-state index contributed by atoms with van der Waals surface area (Å²) >= 11 is 0. The molecule has 38 heavy (non-hydrogen) atoms. The van der Waals surface area contributed by atoms with Crippen LogP contribution in [0.4, 0.5) is 0 Å². The molecule has 5 rings (SSSR count). The van der Waals surface area contributed by atoms with E-state index in [1.807, 2.05) is 0 Å². The fourth-order valence-corrected chi connectivity index (χ4v) is 6.38. The minimum Gasteiger partial charge on any atom is -0.330 e. The molecule has 1 saturated heterocycles. The molecule has 1 aliphatic rings. The van der Waals surface area contributed by atoms with Crippen LogP contribution >= 0.6 is 0 Å². The molecule has 0 radical (unpaired) electrons. The lowest BCUT2D eigenvalue weighted by Crippen LogP contribution is -2.47. The third-order valence-corrected chi connectivity index (χ3v) is 9.03. The van der Waals surface area contributed by atoms with E-state index in [9.17, 15) is 0 Å². The highest BCUT2D eigenvalue weighted by molar-refractivity contribution is 5.51. The van der Waals surface area contributed by atoms with Crippen LogP contribution in [0.1, 0.15) is 58.2 Å². The van der Waals surface area contributed by atoms with Crippen molar-refractivity contribution in [3.05, 3.63) is 142 Å². The van der Waals surface area contributed by atoms with Gasteiger partial charge in [0.05, 0.1) is 0 Å². The van der Waals surface area contributed by atoms with E-state index < -0.39 is 0 Å². The Bertz CT molecular complexity index is 1190. The molecule has 0 atom stereocenters. The van der Waals surface area contributed by atoms with E-state index in [0.29, 0.717) is 6.54 Å². The Balaban J connectivity index is 1.48. The van der Waals surface area contributed by atoms with Crippen LogP contribution in [0.3, 0.4) is 0 Å². The second-order valence-corrected chi connectivity index (χ2v) is 11.4. The number of aryl methyl sites for hydroxylation is 3. The lowest BCUT2D eigenvalue weighted by atomic mass is 9.66. The molecule has 2 nitrogen and oxygen atoms in total. The number of nitrogens with zero attached hydrogens (tertiary/aromatic N) is 1. The van der Waals surface area contributed by atoms with Crippen LogP contribution in [-0.2, 0) is 10.8 Å². The molecule has 4 aromatic rings. The van der Waals surface area contributed by atoms with Gasteiger partial charge in [-0.3, -0.25) is 0 Å². The molecule has 0 aliphatic carbocycles. The molecule has 2 heteroatoms. The van der Waals surface area contributed by atoms with E-state index >= 15 is 0 Å². The molecule has 0 unspecified atom stereocenters. The highest BCUT2D eigenvalue weighted by Crippen LogP contribution is 2.43. The third-order valence-electron chi connectivity index (χ3n) is 9.03. The molecule has 4 aromatic carbocycles. The number of hydrogen-bond acceptors (Lipinski definition) is 2. The average molecular weight is 503 g/mol. The van der Waals surface area contributed by atoms with Crippen LogP contribution in [0, 0.1) is 20.8 Å². The summed E-state index contributed by atoms with van der Waals surface area (Å²) in [5.41, 5.74) is 15.7. The lowest BCUT2D eigenvalue weighted by molar-refractivity contribution is 0.155. The minimum atomic E-state index is -0.211. The molecule has 2 N–H and O–H groups in total. The summed E-state index contributed by atoms with van der Waals surface area (Å²) in [5.74, 6) is 0. The summed E-state index contributed by atoms with van der Waals surface area (Å²) in [4.78, 5) is 2.67. The van der Waals surface area contributed by atoms with Gasteiger partial charge in [0.25, 0.3) is 0 Å². The van der Waals surface area contributed by atoms with Crippen molar-refractivity contribution in [3.8, 4) is 0 Å². The minimum absolute atomic E-state index is 0.0969. The molecule has 0 bridgehead atoms. The van der Waals surface area contributed by atoms with Crippen LogP contribution < -0.4 is 5.73 Å².